The number of fused-ring (bicyclic) bond motifs is 1. The molecule has 0 atom stereocenters. The Labute approximate surface area is 204 Å². The maximum Gasteiger partial charge on any atom is 0.336 e. The van der Waals surface area contributed by atoms with E-state index in [4.69, 9.17) is 14.5 Å². The van der Waals surface area contributed by atoms with Gasteiger partial charge >= 0.3 is 5.69 Å². The predicted molar refractivity (Wildman–Crippen MR) is 136 cm³/mol. The highest BCUT2D eigenvalue weighted by Gasteiger charge is 2.25. The summed E-state index contributed by atoms with van der Waals surface area (Å²) < 4.78 is 15.4. The van der Waals surface area contributed by atoms with Gasteiger partial charge in [-0.2, -0.15) is 0 Å². The van der Waals surface area contributed by atoms with E-state index in [-0.39, 0.29) is 17.8 Å². The van der Waals surface area contributed by atoms with Gasteiger partial charge in [-0.1, -0.05) is 25.0 Å². The van der Waals surface area contributed by atoms with Gasteiger partial charge in [-0.15, -0.1) is 0 Å². The van der Waals surface area contributed by atoms with Gasteiger partial charge in [-0.3, -0.25) is 4.57 Å². The monoisotopic (exact) mass is 470 g/mol. The van der Waals surface area contributed by atoms with E-state index in [0.717, 1.165) is 66.6 Å². The number of benzene rings is 2. The summed E-state index contributed by atoms with van der Waals surface area (Å²) in [7, 11) is 1.66. The first-order chi connectivity index (χ1) is 17.2. The molecule has 2 fully saturated rings. The number of nitrogens with zero attached hydrogens (tertiary/aromatic N) is 4. The lowest BCUT2D eigenvalue weighted by atomic mass is 10.1. The summed E-state index contributed by atoms with van der Waals surface area (Å²) >= 11 is 0. The zero-order chi connectivity index (χ0) is 23.8. The predicted octanol–water partition coefficient (Wildman–Crippen LogP) is 5.69. The molecular formula is C28H30N4O3. The van der Waals surface area contributed by atoms with Gasteiger partial charge in [0, 0.05) is 17.8 Å². The molecule has 2 saturated carbocycles. The number of rotatable bonds is 6. The highest BCUT2D eigenvalue weighted by atomic mass is 16.5. The van der Waals surface area contributed by atoms with Crippen LogP contribution in [0.3, 0.4) is 0 Å². The molecule has 180 valence electrons. The summed E-state index contributed by atoms with van der Waals surface area (Å²) in [6.07, 6.45) is 10.9. The molecule has 35 heavy (non-hydrogen) atoms. The Balaban J connectivity index is 1.42. The van der Waals surface area contributed by atoms with Crippen LogP contribution in [0.2, 0.25) is 0 Å². The smallest absolute Gasteiger partial charge is 0.336 e. The normalized spacial score (nSPS) is 16.8. The number of hydrogen-bond acceptors (Lipinski definition) is 5. The summed E-state index contributed by atoms with van der Waals surface area (Å²) in [5, 5.41) is 0. The van der Waals surface area contributed by atoms with Crippen molar-refractivity contribution in [3.05, 3.63) is 65.2 Å². The Hall–Kier alpha value is -3.61. The second-order valence-corrected chi connectivity index (χ2v) is 9.55. The lowest BCUT2D eigenvalue weighted by Crippen LogP contribution is -2.26. The Morgan fingerprint density at radius 1 is 0.886 bits per heavy atom. The fraction of sp³-hybridized carbons (Fsp3) is 0.393. The van der Waals surface area contributed by atoms with E-state index >= 15 is 0 Å². The highest BCUT2D eigenvalue weighted by molar-refractivity contribution is 5.78. The Morgan fingerprint density at radius 2 is 1.63 bits per heavy atom. The molecule has 0 radical (unpaired) electrons. The van der Waals surface area contributed by atoms with E-state index in [1.165, 1.54) is 12.8 Å². The number of imidazole rings is 1. The number of hydrogen-bond donors (Lipinski definition) is 0. The molecule has 2 aliphatic carbocycles. The van der Waals surface area contributed by atoms with Crippen molar-refractivity contribution < 1.29 is 9.47 Å². The van der Waals surface area contributed by atoms with Crippen molar-refractivity contribution in [2.75, 3.05) is 7.11 Å². The molecule has 2 aromatic carbocycles. The van der Waals surface area contributed by atoms with Crippen LogP contribution in [-0.2, 0) is 0 Å². The van der Waals surface area contributed by atoms with E-state index in [1.807, 2.05) is 53.1 Å². The second kappa shape index (κ2) is 9.21. The van der Waals surface area contributed by atoms with E-state index in [2.05, 4.69) is 4.98 Å². The minimum absolute atomic E-state index is 0.0739. The Morgan fingerprint density at radius 3 is 2.40 bits per heavy atom. The first kappa shape index (κ1) is 21.9. The number of methoxy groups -OCH3 is 1. The molecule has 0 amide bonds. The molecule has 0 N–H and O–H groups in total. The lowest BCUT2D eigenvalue weighted by Gasteiger charge is -2.17. The molecular weight excluding hydrogens is 440 g/mol. The maximum absolute atomic E-state index is 13.7. The summed E-state index contributed by atoms with van der Waals surface area (Å²) in [4.78, 5) is 23.0. The molecule has 7 nitrogen and oxygen atoms in total. The lowest BCUT2D eigenvalue weighted by molar-refractivity contribution is 0.201. The van der Waals surface area contributed by atoms with E-state index < -0.39 is 0 Å². The van der Waals surface area contributed by atoms with Crippen LogP contribution in [0.4, 0.5) is 0 Å². The van der Waals surface area contributed by atoms with Gasteiger partial charge in [0.2, 0.25) is 5.95 Å². The van der Waals surface area contributed by atoms with Crippen LogP contribution >= 0.6 is 0 Å². The fourth-order valence-electron chi connectivity index (χ4n) is 5.61. The van der Waals surface area contributed by atoms with Crippen molar-refractivity contribution >= 4 is 11.0 Å². The average Bonchev–Trinajstić information content (AvgIpc) is 3.65. The third-order valence-corrected chi connectivity index (χ3v) is 7.37. The van der Waals surface area contributed by atoms with Crippen molar-refractivity contribution in [1.29, 1.82) is 0 Å². The van der Waals surface area contributed by atoms with Crippen molar-refractivity contribution in [2.24, 2.45) is 0 Å². The summed E-state index contributed by atoms with van der Waals surface area (Å²) in [6, 6.07) is 15.9. The summed E-state index contributed by atoms with van der Waals surface area (Å²) in [5.74, 6) is 1.83. The molecule has 0 spiro atoms. The number of para-hydroxylation sites is 2. The molecule has 0 bridgehead atoms. The number of ether oxygens (including phenoxy) is 2. The first-order valence-electron chi connectivity index (χ1n) is 12.6. The fourth-order valence-corrected chi connectivity index (χ4v) is 5.61. The minimum atomic E-state index is -0.0739. The topological polar surface area (TPSA) is 71.2 Å². The number of aromatic nitrogens is 4. The largest absolute Gasteiger partial charge is 0.493 e. The molecule has 7 heteroatoms. The van der Waals surface area contributed by atoms with E-state index in [0.29, 0.717) is 11.7 Å². The molecule has 0 aliphatic heterocycles. The van der Waals surface area contributed by atoms with Gasteiger partial charge in [0.05, 0.1) is 29.9 Å². The third-order valence-electron chi connectivity index (χ3n) is 7.37. The molecule has 0 saturated heterocycles. The molecule has 6 rings (SSSR count). The highest BCUT2D eigenvalue weighted by Crippen LogP contribution is 2.35. The summed E-state index contributed by atoms with van der Waals surface area (Å²) in [5.41, 5.74) is 3.33. The van der Waals surface area contributed by atoms with Gasteiger partial charge in [-0.25, -0.2) is 19.3 Å². The van der Waals surface area contributed by atoms with Crippen LogP contribution in [0.25, 0.3) is 28.2 Å². The van der Waals surface area contributed by atoms with Crippen LogP contribution in [0.15, 0.2) is 59.5 Å². The van der Waals surface area contributed by atoms with Crippen molar-refractivity contribution in [3.8, 4) is 28.7 Å². The van der Waals surface area contributed by atoms with Crippen molar-refractivity contribution in [1.82, 2.24) is 19.1 Å². The van der Waals surface area contributed by atoms with Crippen molar-refractivity contribution in [3.63, 3.8) is 0 Å². The second-order valence-electron chi connectivity index (χ2n) is 9.55. The molecule has 2 aromatic heterocycles. The van der Waals surface area contributed by atoms with Crippen LogP contribution < -0.4 is 15.2 Å². The van der Waals surface area contributed by atoms with E-state index in [9.17, 15) is 4.79 Å². The minimum Gasteiger partial charge on any atom is -0.493 e. The van der Waals surface area contributed by atoms with Gasteiger partial charge in [0.15, 0.2) is 11.5 Å². The molecule has 2 aliphatic rings. The van der Waals surface area contributed by atoms with Crippen LogP contribution in [-0.4, -0.2) is 32.3 Å². The maximum atomic E-state index is 13.7. The third kappa shape index (κ3) is 3.99. The first-order valence-corrected chi connectivity index (χ1v) is 12.6. The van der Waals surface area contributed by atoms with Gasteiger partial charge in [0.1, 0.15) is 0 Å². The zero-order valence-electron chi connectivity index (χ0n) is 20.0. The van der Waals surface area contributed by atoms with Gasteiger partial charge in [0.25, 0.3) is 0 Å². The quantitative estimate of drug-likeness (QED) is 0.362. The molecule has 4 aromatic rings. The zero-order valence-corrected chi connectivity index (χ0v) is 20.0. The Kier molecular flexibility index (Phi) is 5.76. The van der Waals surface area contributed by atoms with Gasteiger partial charge in [-0.05, 0) is 74.9 Å². The van der Waals surface area contributed by atoms with Crippen LogP contribution in [0.5, 0.6) is 11.5 Å². The standard InChI is InChI=1S/C28H30N4O3/c1-34-25-15-14-19(18-26(25)35-21-10-4-5-11-21)22-16-17-29-27(30-22)32-24-13-7-6-12-23(24)31(28(32)33)20-8-2-3-9-20/h6-7,12-18,20-21H,2-5,8-11H2,1H3. The Bertz CT molecular complexity index is 1410. The molecule has 2 heterocycles. The van der Waals surface area contributed by atoms with Gasteiger partial charge < -0.3 is 9.47 Å². The summed E-state index contributed by atoms with van der Waals surface area (Å²) in [6.45, 7) is 0. The van der Waals surface area contributed by atoms with Crippen LogP contribution in [0, 0.1) is 0 Å². The average molecular weight is 471 g/mol. The molecule has 0 unspecified atom stereocenters. The SMILES string of the molecule is COc1ccc(-c2ccnc(-n3c(=O)n(C4CCCC4)c4ccccc43)n2)cc1OC1CCCC1. The van der Waals surface area contributed by atoms with E-state index in [1.54, 1.807) is 17.9 Å². The van der Waals surface area contributed by atoms with Crippen molar-refractivity contribution in [2.45, 2.75) is 63.5 Å². The van der Waals surface area contributed by atoms with Crippen LogP contribution in [0.1, 0.15) is 57.4 Å².